The third kappa shape index (κ3) is 5.47. The second-order valence-corrected chi connectivity index (χ2v) is 10.4. The number of unbranched alkanes of at least 4 members (excludes halogenated alkanes) is 5. The minimum atomic E-state index is -3.53. The summed E-state index contributed by atoms with van der Waals surface area (Å²) in [6.45, 7) is 4.39. The zero-order valence-electron chi connectivity index (χ0n) is 20.8. The van der Waals surface area contributed by atoms with Gasteiger partial charge in [0.05, 0.1) is 5.56 Å². The van der Waals surface area contributed by atoms with Gasteiger partial charge in [0.25, 0.3) is 0 Å². The Morgan fingerprint density at radius 3 is 2.29 bits per heavy atom. The van der Waals surface area contributed by atoms with Crippen LogP contribution in [0.1, 0.15) is 114 Å². The van der Waals surface area contributed by atoms with Crippen molar-refractivity contribution in [3.63, 3.8) is 0 Å². The molecular weight excluding hydrogens is 433 g/mol. The smallest absolute Gasteiger partial charge is 0.425 e. The van der Waals surface area contributed by atoms with Crippen molar-refractivity contribution in [2.24, 2.45) is 5.92 Å². The average molecular weight is 473 g/mol. The van der Waals surface area contributed by atoms with Gasteiger partial charge in [-0.2, -0.15) is 8.78 Å². The second kappa shape index (κ2) is 11.2. The number of hydrogen-bond donors (Lipinski definition) is 0. The minimum absolute atomic E-state index is 0.128. The predicted molar refractivity (Wildman–Crippen MR) is 133 cm³/mol. The molecule has 0 aromatic heterocycles. The highest BCUT2D eigenvalue weighted by atomic mass is 19.3. The number of benzene rings is 2. The van der Waals surface area contributed by atoms with Crippen molar-refractivity contribution in [2.75, 3.05) is 0 Å². The van der Waals surface area contributed by atoms with Crippen LogP contribution in [0.5, 0.6) is 5.75 Å². The lowest BCUT2D eigenvalue weighted by atomic mass is 9.76. The third-order valence-electron chi connectivity index (χ3n) is 7.87. The molecule has 4 heteroatoms. The topological polar surface area (TPSA) is 9.23 Å². The molecule has 2 aromatic rings. The van der Waals surface area contributed by atoms with E-state index in [4.69, 9.17) is 4.74 Å². The van der Waals surface area contributed by atoms with Crippen molar-refractivity contribution >= 4 is 0 Å². The van der Waals surface area contributed by atoms with Crippen molar-refractivity contribution in [2.45, 2.75) is 109 Å². The van der Waals surface area contributed by atoms with Gasteiger partial charge in [0.2, 0.25) is 0 Å². The minimum Gasteiger partial charge on any atom is -0.425 e. The maximum atomic E-state index is 15.2. The Kier molecular flexibility index (Phi) is 8.26. The first kappa shape index (κ1) is 25.1. The Balaban J connectivity index is 1.51. The molecule has 0 radical (unpaired) electrons. The molecule has 1 aliphatic heterocycles. The largest absolute Gasteiger partial charge is 0.427 e. The Hall–Kier alpha value is -1.97. The summed E-state index contributed by atoms with van der Waals surface area (Å²) in [5, 5.41) is 0. The van der Waals surface area contributed by atoms with Crippen LogP contribution < -0.4 is 4.74 Å². The summed E-state index contributed by atoms with van der Waals surface area (Å²) in [4.78, 5) is 0. The summed E-state index contributed by atoms with van der Waals surface area (Å²) in [5.41, 5.74) is 2.12. The van der Waals surface area contributed by atoms with Crippen LogP contribution >= 0.6 is 0 Å². The normalized spacial score (nSPS) is 21.0. The number of rotatable bonds is 10. The van der Waals surface area contributed by atoms with Gasteiger partial charge >= 0.3 is 6.11 Å². The quantitative estimate of drug-likeness (QED) is 0.313. The van der Waals surface area contributed by atoms with Crippen LogP contribution in [-0.2, 0) is 12.5 Å². The van der Waals surface area contributed by atoms with E-state index >= 15 is 13.2 Å². The number of halogens is 3. The molecule has 0 spiro atoms. The lowest BCUT2D eigenvalue weighted by molar-refractivity contribution is -0.188. The van der Waals surface area contributed by atoms with E-state index in [9.17, 15) is 0 Å². The summed E-state index contributed by atoms with van der Waals surface area (Å²) in [6.07, 6.45) is 10.5. The van der Waals surface area contributed by atoms with E-state index in [1.807, 2.05) is 6.07 Å². The molecule has 0 saturated heterocycles. The van der Waals surface area contributed by atoms with E-state index in [2.05, 4.69) is 13.8 Å². The fourth-order valence-corrected chi connectivity index (χ4v) is 5.86. The van der Waals surface area contributed by atoms with Crippen molar-refractivity contribution in [3.05, 3.63) is 52.8 Å². The Bertz CT molecular complexity index is 960. The molecule has 1 saturated carbocycles. The molecule has 0 atom stereocenters. The summed E-state index contributed by atoms with van der Waals surface area (Å²) < 4.78 is 50.6. The predicted octanol–water partition coefficient (Wildman–Crippen LogP) is 9.91. The van der Waals surface area contributed by atoms with Gasteiger partial charge in [-0.05, 0) is 73.1 Å². The molecule has 4 rings (SSSR count). The SMILES string of the molecule is CCCCCCCCc1ccc2c(c1F)OC(F)(F)c1cc(C3CCC(CCC)CC3)ccc1-2. The third-order valence-corrected chi connectivity index (χ3v) is 7.87. The molecule has 0 bridgehead atoms. The van der Waals surface area contributed by atoms with Crippen molar-refractivity contribution in [3.8, 4) is 16.9 Å². The van der Waals surface area contributed by atoms with Crippen LogP contribution in [0.2, 0.25) is 0 Å². The van der Waals surface area contributed by atoms with E-state index in [-0.39, 0.29) is 11.3 Å². The van der Waals surface area contributed by atoms with Gasteiger partial charge in [-0.1, -0.05) is 83.1 Å². The van der Waals surface area contributed by atoms with Gasteiger partial charge in [-0.15, -0.1) is 0 Å². The zero-order chi connectivity index (χ0) is 24.1. The Morgan fingerprint density at radius 2 is 1.56 bits per heavy atom. The monoisotopic (exact) mass is 472 g/mol. The van der Waals surface area contributed by atoms with Crippen LogP contribution in [0.3, 0.4) is 0 Å². The average Bonchev–Trinajstić information content (AvgIpc) is 2.83. The van der Waals surface area contributed by atoms with Crippen LogP contribution in [-0.4, -0.2) is 0 Å². The molecule has 1 nitrogen and oxygen atoms in total. The molecule has 2 aromatic carbocycles. The molecule has 1 heterocycles. The van der Waals surface area contributed by atoms with Crippen LogP contribution in [0, 0.1) is 11.7 Å². The maximum absolute atomic E-state index is 15.2. The van der Waals surface area contributed by atoms with Gasteiger partial charge in [-0.25, -0.2) is 4.39 Å². The van der Waals surface area contributed by atoms with E-state index in [1.54, 1.807) is 24.3 Å². The lowest BCUT2D eigenvalue weighted by Gasteiger charge is -2.32. The molecule has 1 fully saturated rings. The van der Waals surface area contributed by atoms with Gasteiger partial charge in [0, 0.05) is 5.56 Å². The van der Waals surface area contributed by atoms with Crippen molar-refractivity contribution in [1.82, 2.24) is 0 Å². The molecule has 1 aliphatic carbocycles. The van der Waals surface area contributed by atoms with Crippen LogP contribution in [0.15, 0.2) is 30.3 Å². The zero-order valence-corrected chi connectivity index (χ0v) is 20.8. The molecular formula is C30H39F3O. The number of ether oxygens (including phenoxy) is 1. The number of aryl methyl sites for hydroxylation is 1. The summed E-state index contributed by atoms with van der Waals surface area (Å²) in [7, 11) is 0. The van der Waals surface area contributed by atoms with Gasteiger partial charge in [-0.3, -0.25) is 0 Å². The Morgan fingerprint density at radius 1 is 0.853 bits per heavy atom. The molecule has 0 amide bonds. The molecule has 0 N–H and O–H groups in total. The first-order valence-corrected chi connectivity index (χ1v) is 13.5. The number of hydrogen-bond acceptors (Lipinski definition) is 1. The summed E-state index contributed by atoms with van der Waals surface area (Å²) in [6, 6.07) is 8.85. The molecule has 186 valence electrons. The van der Waals surface area contributed by atoms with E-state index < -0.39 is 11.9 Å². The highest BCUT2D eigenvalue weighted by Crippen LogP contribution is 2.50. The molecule has 34 heavy (non-hydrogen) atoms. The Labute approximate surface area is 203 Å². The summed E-state index contributed by atoms with van der Waals surface area (Å²) in [5.74, 6) is 0.152. The fraction of sp³-hybridized carbons (Fsp3) is 0.600. The van der Waals surface area contributed by atoms with Gasteiger partial charge in [0.1, 0.15) is 0 Å². The second-order valence-electron chi connectivity index (χ2n) is 10.4. The fourth-order valence-electron chi connectivity index (χ4n) is 5.86. The standard InChI is InChI=1S/C30H39F3O/c1-3-5-6-7-8-9-11-23-16-19-26-25-18-17-24(22-14-12-21(10-4-2)13-15-22)20-27(25)30(32,33)34-29(26)28(23)31/h16-22H,3-15H2,1-2H3. The van der Waals surface area contributed by atoms with Crippen molar-refractivity contribution < 1.29 is 17.9 Å². The van der Waals surface area contributed by atoms with Gasteiger partial charge in [0.15, 0.2) is 11.6 Å². The van der Waals surface area contributed by atoms with Crippen molar-refractivity contribution in [1.29, 1.82) is 0 Å². The lowest BCUT2D eigenvalue weighted by Crippen LogP contribution is -2.28. The maximum Gasteiger partial charge on any atom is 0.427 e. The number of fused-ring (bicyclic) bond motifs is 3. The van der Waals surface area contributed by atoms with E-state index in [1.165, 1.54) is 32.1 Å². The first-order chi connectivity index (χ1) is 16.4. The van der Waals surface area contributed by atoms with E-state index in [0.717, 1.165) is 56.4 Å². The van der Waals surface area contributed by atoms with E-state index in [0.29, 0.717) is 29.0 Å². The highest BCUT2D eigenvalue weighted by molar-refractivity contribution is 5.77. The van der Waals surface area contributed by atoms with Crippen LogP contribution in [0.25, 0.3) is 11.1 Å². The summed E-state index contributed by atoms with van der Waals surface area (Å²) >= 11 is 0. The van der Waals surface area contributed by atoms with Gasteiger partial charge < -0.3 is 4.74 Å². The molecule has 2 aliphatic rings. The highest BCUT2D eigenvalue weighted by Gasteiger charge is 2.44. The number of alkyl halides is 2. The van der Waals surface area contributed by atoms with Crippen LogP contribution in [0.4, 0.5) is 13.2 Å². The first-order valence-electron chi connectivity index (χ1n) is 13.5. The molecule has 0 unspecified atom stereocenters.